The summed E-state index contributed by atoms with van der Waals surface area (Å²) in [7, 11) is 0. The van der Waals surface area contributed by atoms with Crippen LogP contribution in [0.1, 0.15) is 41.8 Å². The number of hydrogen-bond acceptors (Lipinski definition) is 2. The number of aryl methyl sites for hydroxylation is 2. The summed E-state index contributed by atoms with van der Waals surface area (Å²) >= 11 is 0. The molecule has 20 heavy (non-hydrogen) atoms. The highest BCUT2D eigenvalue weighted by Crippen LogP contribution is 2.15. The maximum Gasteiger partial charge on any atom is 0.343 e. The quantitative estimate of drug-likeness (QED) is 0.592. The van der Waals surface area contributed by atoms with Gasteiger partial charge in [-0.15, -0.1) is 0 Å². The molecule has 0 N–H and O–H groups in total. The Bertz CT molecular complexity index is 553. The molecule has 0 heterocycles. The predicted octanol–water partition coefficient (Wildman–Crippen LogP) is 4.42. The monoisotopic (exact) mass is 268 g/mol. The lowest BCUT2D eigenvalue weighted by Crippen LogP contribution is -2.08. The Morgan fingerprint density at radius 2 is 1.50 bits per heavy atom. The second kappa shape index (κ2) is 6.90. The standard InChI is InChI=1S/C18H20O2/c1-3-5-15-8-12-17(13-9-15)20-18(19)16-10-6-14(4-2)7-11-16/h6-13H,3-5H2,1-2H3. The molecule has 0 saturated heterocycles. The van der Waals surface area contributed by atoms with E-state index < -0.39 is 0 Å². The van der Waals surface area contributed by atoms with Gasteiger partial charge in [0.15, 0.2) is 0 Å². The van der Waals surface area contributed by atoms with Crippen molar-refractivity contribution >= 4 is 5.97 Å². The van der Waals surface area contributed by atoms with E-state index >= 15 is 0 Å². The topological polar surface area (TPSA) is 26.3 Å². The molecule has 2 heteroatoms. The summed E-state index contributed by atoms with van der Waals surface area (Å²) < 4.78 is 5.37. The first-order chi connectivity index (χ1) is 9.72. The summed E-state index contributed by atoms with van der Waals surface area (Å²) in [6.45, 7) is 4.24. The van der Waals surface area contributed by atoms with Crippen molar-refractivity contribution in [2.24, 2.45) is 0 Å². The Kier molecular flexibility index (Phi) is 4.94. The van der Waals surface area contributed by atoms with Gasteiger partial charge >= 0.3 is 5.97 Å². The van der Waals surface area contributed by atoms with Crippen LogP contribution >= 0.6 is 0 Å². The van der Waals surface area contributed by atoms with Crippen LogP contribution < -0.4 is 4.74 Å². The van der Waals surface area contributed by atoms with Gasteiger partial charge in [-0.25, -0.2) is 4.79 Å². The minimum Gasteiger partial charge on any atom is -0.423 e. The van der Waals surface area contributed by atoms with Crippen molar-refractivity contribution in [1.82, 2.24) is 0 Å². The molecule has 0 aromatic heterocycles. The molecule has 0 aliphatic heterocycles. The first-order valence-corrected chi connectivity index (χ1v) is 7.13. The number of carbonyl (C=O) groups is 1. The lowest BCUT2D eigenvalue weighted by atomic mass is 10.1. The molecule has 0 saturated carbocycles. The van der Waals surface area contributed by atoms with Crippen LogP contribution in [0.3, 0.4) is 0 Å². The Balaban J connectivity index is 2.02. The smallest absolute Gasteiger partial charge is 0.343 e. The molecular weight excluding hydrogens is 248 g/mol. The maximum atomic E-state index is 12.0. The fraction of sp³-hybridized carbons (Fsp3) is 0.278. The van der Waals surface area contributed by atoms with Gasteiger partial charge in [-0.2, -0.15) is 0 Å². The molecule has 0 aliphatic rings. The largest absolute Gasteiger partial charge is 0.423 e. The minimum absolute atomic E-state index is 0.309. The average molecular weight is 268 g/mol. The highest BCUT2D eigenvalue weighted by atomic mass is 16.5. The minimum atomic E-state index is -0.309. The van der Waals surface area contributed by atoms with E-state index in [1.165, 1.54) is 11.1 Å². The zero-order valence-corrected chi connectivity index (χ0v) is 12.1. The Morgan fingerprint density at radius 3 is 2.05 bits per heavy atom. The molecule has 2 aromatic carbocycles. The molecule has 0 fully saturated rings. The molecule has 0 radical (unpaired) electrons. The van der Waals surface area contributed by atoms with Gasteiger partial charge in [0.2, 0.25) is 0 Å². The number of hydrogen-bond donors (Lipinski definition) is 0. The van der Waals surface area contributed by atoms with Gasteiger partial charge in [0.1, 0.15) is 5.75 Å². The number of benzene rings is 2. The fourth-order valence-corrected chi connectivity index (χ4v) is 2.06. The van der Waals surface area contributed by atoms with Crippen LogP contribution in [-0.2, 0) is 12.8 Å². The highest BCUT2D eigenvalue weighted by Gasteiger charge is 2.08. The second-order valence-electron chi connectivity index (χ2n) is 4.83. The van der Waals surface area contributed by atoms with E-state index in [0.29, 0.717) is 11.3 Å². The molecule has 0 aliphatic carbocycles. The van der Waals surface area contributed by atoms with Crippen molar-refractivity contribution in [2.75, 3.05) is 0 Å². The first kappa shape index (κ1) is 14.3. The number of rotatable bonds is 5. The van der Waals surface area contributed by atoms with Crippen molar-refractivity contribution in [3.05, 3.63) is 65.2 Å². The zero-order chi connectivity index (χ0) is 14.4. The van der Waals surface area contributed by atoms with Gasteiger partial charge in [0, 0.05) is 0 Å². The molecule has 104 valence electrons. The van der Waals surface area contributed by atoms with Gasteiger partial charge in [-0.1, -0.05) is 44.5 Å². The van der Waals surface area contributed by atoms with Crippen molar-refractivity contribution in [3.8, 4) is 5.75 Å². The van der Waals surface area contributed by atoms with Crippen molar-refractivity contribution in [1.29, 1.82) is 0 Å². The van der Waals surface area contributed by atoms with Crippen molar-refractivity contribution in [2.45, 2.75) is 33.1 Å². The van der Waals surface area contributed by atoms with Crippen molar-refractivity contribution in [3.63, 3.8) is 0 Å². The predicted molar refractivity (Wildman–Crippen MR) is 81.2 cm³/mol. The highest BCUT2D eigenvalue weighted by molar-refractivity contribution is 5.91. The Morgan fingerprint density at radius 1 is 0.900 bits per heavy atom. The summed E-state index contributed by atoms with van der Waals surface area (Å²) in [6, 6.07) is 15.3. The molecule has 0 amide bonds. The SMILES string of the molecule is CCCc1ccc(OC(=O)c2ccc(CC)cc2)cc1. The molecule has 2 rings (SSSR count). The van der Waals surface area contributed by atoms with Gasteiger partial charge in [0.05, 0.1) is 5.56 Å². The first-order valence-electron chi connectivity index (χ1n) is 7.13. The summed E-state index contributed by atoms with van der Waals surface area (Å²) in [4.78, 5) is 12.0. The van der Waals surface area contributed by atoms with E-state index in [2.05, 4.69) is 13.8 Å². The summed E-state index contributed by atoms with van der Waals surface area (Å²) in [5, 5.41) is 0. The van der Waals surface area contributed by atoms with Gasteiger partial charge in [0.25, 0.3) is 0 Å². The van der Waals surface area contributed by atoms with Crippen LogP contribution in [0.15, 0.2) is 48.5 Å². The molecule has 2 nitrogen and oxygen atoms in total. The summed E-state index contributed by atoms with van der Waals surface area (Å²) in [6.07, 6.45) is 3.13. The van der Waals surface area contributed by atoms with Crippen LogP contribution in [0.2, 0.25) is 0 Å². The Labute approximate surface area is 120 Å². The molecule has 2 aromatic rings. The fourth-order valence-electron chi connectivity index (χ4n) is 2.06. The number of carbonyl (C=O) groups excluding carboxylic acids is 1. The van der Waals surface area contributed by atoms with Crippen LogP contribution in [-0.4, -0.2) is 5.97 Å². The normalized spacial score (nSPS) is 10.3. The third kappa shape index (κ3) is 3.70. The van der Waals surface area contributed by atoms with E-state index in [1.54, 1.807) is 0 Å². The van der Waals surface area contributed by atoms with Gasteiger partial charge in [-0.05, 0) is 48.2 Å². The van der Waals surface area contributed by atoms with E-state index in [4.69, 9.17) is 4.74 Å². The third-order valence-electron chi connectivity index (χ3n) is 3.27. The molecule has 0 spiro atoms. The molecule has 0 unspecified atom stereocenters. The third-order valence-corrected chi connectivity index (χ3v) is 3.27. The van der Waals surface area contributed by atoms with Crippen LogP contribution in [0.5, 0.6) is 5.75 Å². The maximum absolute atomic E-state index is 12.0. The molecule has 0 atom stereocenters. The second-order valence-corrected chi connectivity index (χ2v) is 4.83. The van der Waals surface area contributed by atoms with E-state index in [9.17, 15) is 4.79 Å². The lowest BCUT2D eigenvalue weighted by molar-refractivity contribution is 0.0734. The Hall–Kier alpha value is -2.09. The van der Waals surface area contributed by atoms with Crippen LogP contribution in [0.25, 0.3) is 0 Å². The molecular formula is C18H20O2. The van der Waals surface area contributed by atoms with E-state index in [-0.39, 0.29) is 5.97 Å². The number of esters is 1. The lowest BCUT2D eigenvalue weighted by Gasteiger charge is -2.06. The zero-order valence-electron chi connectivity index (χ0n) is 12.1. The number of ether oxygens (including phenoxy) is 1. The van der Waals surface area contributed by atoms with Crippen LogP contribution in [0.4, 0.5) is 0 Å². The summed E-state index contributed by atoms with van der Waals surface area (Å²) in [5.74, 6) is 0.283. The van der Waals surface area contributed by atoms with Crippen molar-refractivity contribution < 1.29 is 9.53 Å². The van der Waals surface area contributed by atoms with Gasteiger partial charge in [-0.3, -0.25) is 0 Å². The van der Waals surface area contributed by atoms with Gasteiger partial charge < -0.3 is 4.74 Å². The summed E-state index contributed by atoms with van der Waals surface area (Å²) in [5.41, 5.74) is 3.06. The van der Waals surface area contributed by atoms with E-state index in [0.717, 1.165) is 19.3 Å². The molecule has 0 bridgehead atoms. The van der Waals surface area contributed by atoms with E-state index in [1.807, 2.05) is 48.5 Å². The average Bonchev–Trinajstić information content (AvgIpc) is 2.49. The van der Waals surface area contributed by atoms with Crippen LogP contribution in [0, 0.1) is 0 Å².